The molecule has 0 spiro atoms. The Morgan fingerprint density at radius 3 is 1.00 bits per heavy atom. The van der Waals surface area contributed by atoms with Gasteiger partial charge in [0.15, 0.2) is 17.4 Å². The van der Waals surface area contributed by atoms with Gasteiger partial charge in [0.1, 0.15) is 0 Å². The standard InChI is InChI=1S/Ag.Al.Cu.Mg.Mn.5H. The van der Waals surface area contributed by atoms with Gasteiger partial charge < -0.3 is 0 Å². The summed E-state index contributed by atoms with van der Waals surface area (Å²) in [6.45, 7) is 0. The smallest absolute Gasteiger partial charge is 0 e. The van der Waals surface area contributed by atoms with Gasteiger partial charge in [-0.15, -0.1) is 0 Å². The quantitative estimate of drug-likeness (QED) is 0.446. The van der Waals surface area contributed by atoms with E-state index in [-0.39, 0.29) is 96.9 Å². The van der Waals surface area contributed by atoms with E-state index in [1.165, 1.54) is 0 Å². The van der Waals surface area contributed by atoms with Crippen molar-refractivity contribution >= 4 is 40.4 Å². The molecule has 39 valence electrons. The Hall–Kier alpha value is 3.08. The van der Waals surface area contributed by atoms with Crippen molar-refractivity contribution in [3.05, 3.63) is 0 Å². The van der Waals surface area contributed by atoms with E-state index in [1.807, 2.05) is 0 Å². The Labute approximate surface area is 95.3 Å². The minimum absolute atomic E-state index is 0. The minimum Gasteiger partial charge on any atom is 0 e. The molecular formula is H5AgAlCuMgMn. The number of hydrogen-bond donors (Lipinski definition) is 0. The second-order valence-electron chi connectivity index (χ2n) is 0. The molecule has 0 nitrogen and oxygen atoms in total. The normalized spacial score (nSPS) is 0. The topological polar surface area (TPSA) is 0 Å². The first-order valence-corrected chi connectivity index (χ1v) is 0. The molecule has 0 aliphatic rings. The van der Waals surface area contributed by atoms with Gasteiger partial charge in [-0.25, -0.2) is 0 Å². The van der Waals surface area contributed by atoms with Gasteiger partial charge in [-0.1, -0.05) is 0 Å². The zero-order valence-electron chi connectivity index (χ0n) is 0.981. The monoisotopic (exact) mass is 281 g/mol. The second kappa shape index (κ2) is 27.6. The first kappa shape index (κ1) is 42.7. The third kappa shape index (κ3) is 19.3. The molecule has 0 unspecified atom stereocenters. The van der Waals surface area contributed by atoms with Crippen LogP contribution in [0.4, 0.5) is 0 Å². The number of rotatable bonds is 0. The molecule has 5 heteroatoms. The largest absolute Gasteiger partial charge is 0.316 e. The van der Waals surface area contributed by atoms with E-state index in [0.29, 0.717) is 0 Å². The van der Waals surface area contributed by atoms with Crippen LogP contribution in [0.25, 0.3) is 0 Å². The average molecular weight is 283 g/mol. The van der Waals surface area contributed by atoms with Crippen molar-refractivity contribution in [2.45, 2.75) is 0 Å². The van der Waals surface area contributed by atoms with Crippen LogP contribution in [-0.2, 0) is 56.5 Å². The Kier molecular flexibility index (Phi) is 236. The third-order valence-electron chi connectivity index (χ3n) is 0. The van der Waals surface area contributed by atoms with Crippen molar-refractivity contribution in [3.8, 4) is 0 Å². The summed E-state index contributed by atoms with van der Waals surface area (Å²) < 4.78 is 0. The second-order valence-corrected chi connectivity index (χ2v) is 0. The zero-order valence-corrected chi connectivity index (χ0v) is 4.59. The van der Waals surface area contributed by atoms with Gasteiger partial charge in [-0.2, -0.15) is 0 Å². The fourth-order valence-electron chi connectivity index (χ4n) is 0. The third-order valence-corrected chi connectivity index (χ3v) is 0. The molecule has 5 heavy (non-hydrogen) atoms. The molecule has 0 fully saturated rings. The molecule has 0 atom stereocenters. The molecule has 0 aliphatic carbocycles. The Morgan fingerprint density at radius 1 is 1.00 bits per heavy atom. The Balaban J connectivity index is 0. The first-order chi connectivity index (χ1) is 0. The van der Waals surface area contributed by atoms with E-state index < -0.39 is 0 Å². The predicted molar refractivity (Wildman–Crippen MR) is 18.5 cm³/mol. The minimum atomic E-state index is 0. The van der Waals surface area contributed by atoms with Crippen LogP contribution in [0.5, 0.6) is 0 Å². The van der Waals surface area contributed by atoms with Crippen LogP contribution < -0.4 is 0 Å². The van der Waals surface area contributed by atoms with Gasteiger partial charge in [-0.05, 0) is 0 Å². The number of hydrogen-bond acceptors (Lipinski definition) is 0. The van der Waals surface area contributed by atoms with E-state index in [2.05, 4.69) is 0 Å². The van der Waals surface area contributed by atoms with Crippen molar-refractivity contribution in [2.75, 3.05) is 0 Å². The molecule has 0 N–H and O–H groups in total. The molecule has 0 saturated heterocycles. The van der Waals surface area contributed by atoms with E-state index >= 15 is 0 Å². The summed E-state index contributed by atoms with van der Waals surface area (Å²) in [7, 11) is 0. The van der Waals surface area contributed by atoms with Crippen LogP contribution in [0.2, 0.25) is 0 Å². The predicted octanol–water partition coefficient (Wildman–Crippen LogP) is -2.11. The fourth-order valence-corrected chi connectivity index (χ4v) is 0. The summed E-state index contributed by atoms with van der Waals surface area (Å²) in [4.78, 5) is 0. The van der Waals surface area contributed by atoms with E-state index in [4.69, 9.17) is 0 Å². The molecule has 0 rings (SSSR count). The molecule has 0 aromatic carbocycles. The molecule has 0 aliphatic heterocycles. The van der Waals surface area contributed by atoms with E-state index in [0.717, 1.165) is 0 Å². The van der Waals surface area contributed by atoms with Crippen molar-refractivity contribution in [2.24, 2.45) is 0 Å². The van der Waals surface area contributed by atoms with Crippen LogP contribution in [0.15, 0.2) is 0 Å². The van der Waals surface area contributed by atoms with Gasteiger partial charge in [0.2, 0.25) is 0 Å². The van der Waals surface area contributed by atoms with E-state index in [9.17, 15) is 0 Å². The van der Waals surface area contributed by atoms with Gasteiger partial charge >= 0.3 is 23.1 Å². The van der Waals surface area contributed by atoms with Crippen molar-refractivity contribution < 1.29 is 56.5 Å². The molecule has 0 heterocycles. The maximum atomic E-state index is 0. The first-order valence-electron chi connectivity index (χ1n) is 0. The van der Waals surface area contributed by atoms with Crippen molar-refractivity contribution in [1.82, 2.24) is 0 Å². The fraction of sp³-hybridized carbons (Fsp3) is 0. The van der Waals surface area contributed by atoms with Crippen molar-refractivity contribution in [3.63, 3.8) is 0 Å². The van der Waals surface area contributed by atoms with Crippen LogP contribution >= 0.6 is 0 Å². The molecule has 0 aromatic rings. The Bertz CT molecular complexity index is 11.6. The summed E-state index contributed by atoms with van der Waals surface area (Å²) in [6, 6.07) is 0. The molecular weight excluding hydrogens is 278 g/mol. The SMILES string of the molecule is [Ag].[AlH3].[Cu].[MgH2].[Mn]. The van der Waals surface area contributed by atoms with Crippen LogP contribution in [0.3, 0.4) is 0 Å². The average Bonchev–Trinajstić information content (AvgIpc) is 0. The maximum Gasteiger partial charge on any atom is 0.316 e. The maximum absolute atomic E-state index is 0. The molecule has 0 bridgehead atoms. The van der Waals surface area contributed by atoms with E-state index in [1.54, 1.807) is 0 Å². The summed E-state index contributed by atoms with van der Waals surface area (Å²) in [5, 5.41) is 0. The summed E-state index contributed by atoms with van der Waals surface area (Å²) in [6.07, 6.45) is 0. The molecule has 0 amide bonds. The molecule has 3 radical (unpaired) electrons. The summed E-state index contributed by atoms with van der Waals surface area (Å²) >= 11 is 0. The zero-order chi connectivity index (χ0) is 0. The van der Waals surface area contributed by atoms with Crippen molar-refractivity contribution in [1.29, 1.82) is 0 Å². The van der Waals surface area contributed by atoms with Crippen LogP contribution in [-0.4, -0.2) is 40.4 Å². The van der Waals surface area contributed by atoms with Gasteiger partial charge in [0, 0.05) is 56.5 Å². The Morgan fingerprint density at radius 2 is 1.00 bits per heavy atom. The molecule has 0 saturated carbocycles. The van der Waals surface area contributed by atoms with Gasteiger partial charge in [0.05, 0.1) is 0 Å². The summed E-state index contributed by atoms with van der Waals surface area (Å²) in [5.41, 5.74) is 0. The molecule has 0 aromatic heterocycles. The van der Waals surface area contributed by atoms with Gasteiger partial charge in [-0.3, -0.25) is 0 Å². The van der Waals surface area contributed by atoms with Crippen LogP contribution in [0, 0.1) is 0 Å². The van der Waals surface area contributed by atoms with Gasteiger partial charge in [0.25, 0.3) is 0 Å². The van der Waals surface area contributed by atoms with Crippen LogP contribution in [0.1, 0.15) is 0 Å². The summed E-state index contributed by atoms with van der Waals surface area (Å²) in [5.74, 6) is 0.